The topological polar surface area (TPSA) is 64.5 Å². The molecule has 521 valence electrons. The third-order valence-electron chi connectivity index (χ3n) is 19.3. The van der Waals surface area contributed by atoms with Crippen LogP contribution in [-0.2, 0) is 111 Å². The number of aromatic nitrogens is 5. The van der Waals surface area contributed by atoms with Crippen molar-refractivity contribution in [3.63, 3.8) is 0 Å². The average molecular weight is 2230 g/mol. The largest absolute Gasteiger partial charge is 0.304 e. The molecule has 17 aromatic rings. The van der Waals surface area contributed by atoms with Gasteiger partial charge in [-0.15, -0.1) is 159 Å². The van der Waals surface area contributed by atoms with E-state index in [1.165, 1.54) is 82.4 Å². The van der Waals surface area contributed by atoms with Crippen molar-refractivity contribution in [2.45, 2.75) is 52.4 Å². The molecule has 0 bridgehead atoms. The van der Waals surface area contributed by atoms with Crippen molar-refractivity contribution in [1.82, 2.24) is 24.9 Å². The molecule has 104 heavy (non-hydrogen) atoms. The van der Waals surface area contributed by atoms with Gasteiger partial charge in [-0.1, -0.05) is 216 Å². The SMILES string of the molecule is CC1(C)c2c([c-]ccc2F)-c2nccc3cccc1c23.CC1(C)c2ccc[c-]c2-c2nccc3cccc1c23.Cc1c[c-]c(-c2nccc3ccccc23)cc1C.[Ir].[Ir].[Ir].[Ir].[Ir].[c-]1cc2ccccc2cc1-c1nccc2ccccc12.[c-]1ccccc1-c1ncc(-c2ccccc2)c2ccccc12. The first-order chi connectivity index (χ1) is 48.4. The van der Waals surface area contributed by atoms with Gasteiger partial charge in [0.25, 0.3) is 0 Å². The Kier molecular flexibility index (Phi) is 25.4. The van der Waals surface area contributed by atoms with E-state index in [0.29, 0.717) is 5.56 Å². The first-order valence-electron chi connectivity index (χ1n) is 33.4. The molecule has 0 unspecified atom stereocenters. The molecule has 0 amide bonds. The van der Waals surface area contributed by atoms with Crippen LogP contribution in [0.5, 0.6) is 0 Å². The number of rotatable bonds is 4. The molecule has 0 saturated carbocycles. The Balaban J connectivity index is 0.000000138. The number of halogens is 1. The fourth-order valence-corrected chi connectivity index (χ4v) is 14.1. The number of hydrogen-bond donors (Lipinski definition) is 0. The fraction of sp³-hybridized carbons (Fsp3) is 0.0860. The number of aryl methyl sites for hydroxylation is 2. The molecule has 5 aromatic heterocycles. The minimum absolute atomic E-state index is 0. The molecule has 5 nitrogen and oxygen atoms in total. The first kappa shape index (κ1) is 77.7. The van der Waals surface area contributed by atoms with E-state index in [1.54, 1.807) is 12.3 Å². The van der Waals surface area contributed by atoms with Crippen molar-refractivity contribution in [3.05, 3.63) is 367 Å². The van der Waals surface area contributed by atoms with Crippen molar-refractivity contribution in [2.24, 2.45) is 0 Å². The van der Waals surface area contributed by atoms with Gasteiger partial charge in [0.1, 0.15) is 0 Å². The summed E-state index contributed by atoms with van der Waals surface area (Å²) in [5.41, 5.74) is 19.0. The summed E-state index contributed by atoms with van der Waals surface area (Å²) in [6.07, 6.45) is 9.36. The van der Waals surface area contributed by atoms with Crippen LogP contribution in [0.2, 0.25) is 0 Å². The molecule has 11 heteroatoms. The van der Waals surface area contributed by atoms with Gasteiger partial charge in [0.2, 0.25) is 0 Å². The number of fused-ring (bicyclic) bond motifs is 8. The van der Waals surface area contributed by atoms with Crippen LogP contribution in [0.3, 0.4) is 0 Å². The predicted molar refractivity (Wildman–Crippen MR) is 407 cm³/mol. The first-order valence-corrected chi connectivity index (χ1v) is 33.4. The molecule has 2 aliphatic carbocycles. The van der Waals surface area contributed by atoms with Gasteiger partial charge in [-0.05, 0) is 134 Å². The van der Waals surface area contributed by atoms with Gasteiger partial charge in [-0.2, -0.15) is 0 Å². The van der Waals surface area contributed by atoms with Crippen molar-refractivity contribution >= 4 is 64.6 Å². The average Bonchev–Trinajstić information content (AvgIpc) is 0.723. The van der Waals surface area contributed by atoms with Crippen LogP contribution in [-0.4, -0.2) is 24.9 Å². The van der Waals surface area contributed by atoms with Crippen LogP contribution in [0.4, 0.5) is 4.39 Å². The maximum atomic E-state index is 14.4. The van der Waals surface area contributed by atoms with Crippen LogP contribution in [0.1, 0.15) is 61.1 Å². The number of nitrogens with zero attached hydrogens (tertiary/aromatic N) is 5. The molecular weight excluding hydrogens is 2170 g/mol. The van der Waals surface area contributed by atoms with Crippen molar-refractivity contribution in [1.29, 1.82) is 0 Å². The van der Waals surface area contributed by atoms with Crippen molar-refractivity contribution in [2.75, 3.05) is 0 Å². The van der Waals surface area contributed by atoms with E-state index in [1.807, 2.05) is 97.6 Å². The third kappa shape index (κ3) is 15.3. The quantitative estimate of drug-likeness (QED) is 0.164. The normalized spacial score (nSPS) is 12.0. The Bertz CT molecular complexity index is 5790. The zero-order valence-electron chi connectivity index (χ0n) is 57.6. The van der Waals surface area contributed by atoms with Gasteiger partial charge in [0.05, 0.1) is 0 Å². The number of pyridine rings is 5. The minimum Gasteiger partial charge on any atom is -0.304 e. The van der Waals surface area contributed by atoms with Crippen LogP contribution in [0, 0.1) is 50.0 Å². The molecule has 19 rings (SSSR count). The van der Waals surface area contributed by atoms with Gasteiger partial charge in [0, 0.05) is 143 Å². The van der Waals surface area contributed by atoms with Crippen LogP contribution in [0.25, 0.3) is 132 Å². The van der Waals surface area contributed by atoms with Gasteiger partial charge >= 0.3 is 0 Å². The van der Waals surface area contributed by atoms with E-state index in [4.69, 9.17) is 4.98 Å². The Hall–Kier alpha value is -8.87. The predicted octanol–water partition coefficient (Wildman–Crippen LogP) is 23.4. The molecule has 0 aliphatic heterocycles. The summed E-state index contributed by atoms with van der Waals surface area (Å²) in [5, 5.41) is 14.4. The summed E-state index contributed by atoms with van der Waals surface area (Å²) in [6.45, 7) is 12.9. The second kappa shape index (κ2) is 33.9. The van der Waals surface area contributed by atoms with E-state index in [-0.39, 0.29) is 117 Å². The summed E-state index contributed by atoms with van der Waals surface area (Å²) in [4.78, 5) is 22.9. The molecule has 0 fully saturated rings. The Morgan fingerprint density at radius 2 is 0.788 bits per heavy atom. The van der Waals surface area contributed by atoms with Crippen molar-refractivity contribution in [3.8, 4) is 67.4 Å². The maximum absolute atomic E-state index is 14.4. The van der Waals surface area contributed by atoms with Gasteiger partial charge in [-0.25, -0.2) is 4.39 Å². The summed E-state index contributed by atoms with van der Waals surface area (Å²) in [5.74, 6) is -0.183. The summed E-state index contributed by atoms with van der Waals surface area (Å²) in [7, 11) is 0. The zero-order valence-corrected chi connectivity index (χ0v) is 69.5. The second-order valence-corrected chi connectivity index (χ2v) is 26.1. The van der Waals surface area contributed by atoms with Crippen LogP contribution >= 0.6 is 0 Å². The Morgan fingerprint density at radius 3 is 1.40 bits per heavy atom. The molecule has 2 aliphatic rings. The molecule has 0 N–H and O–H groups in total. The second-order valence-electron chi connectivity index (χ2n) is 26.1. The Labute approximate surface area is 675 Å². The molecule has 5 radical (unpaired) electrons. The van der Waals surface area contributed by atoms with Gasteiger partial charge in [0.15, 0.2) is 0 Å². The maximum Gasteiger partial charge on any atom is 0.0459 e. The van der Waals surface area contributed by atoms with E-state index in [2.05, 4.69) is 274 Å². The molecule has 0 saturated heterocycles. The Morgan fingerprint density at radius 1 is 0.317 bits per heavy atom. The summed E-state index contributed by atoms with van der Waals surface area (Å²) < 4.78 is 14.4. The molecule has 12 aromatic carbocycles. The van der Waals surface area contributed by atoms with E-state index >= 15 is 0 Å². The van der Waals surface area contributed by atoms with Gasteiger partial charge in [-0.3, -0.25) is 0 Å². The monoisotopic (exact) mass is 2240 g/mol. The van der Waals surface area contributed by atoms with Crippen LogP contribution in [0.15, 0.2) is 298 Å². The summed E-state index contributed by atoms with van der Waals surface area (Å²) >= 11 is 0. The van der Waals surface area contributed by atoms with Crippen LogP contribution < -0.4 is 0 Å². The standard InChI is InChI=1S/C21H14N.C19H12N.C18H13FN.C18H14N.C17H14N.5Ir/c1-3-9-16(10-4-1)20-15-22-21(17-11-5-2-6-12-17)19-14-8-7-13-18(19)20;1-2-7-16-13-17(10-9-14(16)5-1)19-18-8-4-3-6-15(18)11-12-20-19;1-18(2)13-7-3-5-11-9-10-20-17(15(11)13)12-6-4-8-14(19)16(12)18;1-18(2)14-8-4-3-7-13(14)17-16-12(10-11-19-17)6-5-9-15(16)18;1-12-7-8-15(11-13(12)2)17-16-6-4-3-5-14(16)9-10-18-17;;;;;/h1-11,13-15H;1-9,11-13H;3-5,7-10H,1-2H3;3-6,8-11H,1-2H3;3-7,9-11H,1-2H3;;;;;/q5*-1;;;;;. The van der Waals surface area contributed by atoms with E-state index < -0.39 is 0 Å². The zero-order chi connectivity index (χ0) is 67.6. The van der Waals surface area contributed by atoms with Crippen molar-refractivity contribution < 1.29 is 105 Å². The molecular formula is C93H67FIr5N5-5. The smallest absolute Gasteiger partial charge is 0.0459 e. The fourth-order valence-electron chi connectivity index (χ4n) is 14.1. The van der Waals surface area contributed by atoms with Gasteiger partial charge < -0.3 is 24.9 Å². The summed E-state index contributed by atoms with van der Waals surface area (Å²) in [6, 6.07) is 107. The third-order valence-corrected chi connectivity index (χ3v) is 19.3. The molecule has 0 spiro atoms. The molecule has 5 heterocycles. The van der Waals surface area contributed by atoms with E-state index in [0.717, 1.165) is 83.6 Å². The number of benzene rings is 12. The minimum atomic E-state index is -0.382. The molecule has 0 atom stereocenters. The number of hydrogen-bond acceptors (Lipinski definition) is 5. The van der Waals surface area contributed by atoms with E-state index in [9.17, 15) is 4.39 Å².